The van der Waals surface area contributed by atoms with Crippen molar-refractivity contribution in [2.75, 3.05) is 6.54 Å². The maximum absolute atomic E-state index is 11.8. The Kier molecular flexibility index (Phi) is 5.66. The van der Waals surface area contributed by atoms with E-state index in [4.69, 9.17) is 10.9 Å². The summed E-state index contributed by atoms with van der Waals surface area (Å²) in [4.78, 5) is 11.8. The number of oxime groups is 1. The number of unbranched alkanes of at least 4 members (excludes halogenated alkanes) is 1. The maximum atomic E-state index is 11.8. The molecule has 0 heterocycles. The van der Waals surface area contributed by atoms with Gasteiger partial charge in [-0.1, -0.05) is 16.8 Å². The van der Waals surface area contributed by atoms with Gasteiger partial charge >= 0.3 is 0 Å². The van der Waals surface area contributed by atoms with Gasteiger partial charge < -0.3 is 21.4 Å². The van der Waals surface area contributed by atoms with Crippen molar-refractivity contribution in [3.05, 3.63) is 29.3 Å². The van der Waals surface area contributed by atoms with Crippen LogP contribution < -0.4 is 11.1 Å². The Bertz CT molecular complexity index is 472. The number of nitrogens with one attached hydrogen (secondary N) is 1. The highest BCUT2D eigenvalue weighted by Crippen LogP contribution is 2.17. The van der Waals surface area contributed by atoms with Crippen LogP contribution in [0, 0.1) is 6.92 Å². The highest BCUT2D eigenvalue weighted by atomic mass is 16.4. The Morgan fingerprint density at radius 1 is 1.42 bits per heavy atom. The molecule has 0 aliphatic heterocycles. The molecule has 0 radical (unpaired) electrons. The molecule has 5 N–H and O–H groups in total. The number of amidine groups is 1. The molecule has 1 aromatic rings. The first-order chi connectivity index (χ1) is 9.04. The number of nitrogens with two attached hydrogens (primary N) is 1. The van der Waals surface area contributed by atoms with E-state index >= 15 is 0 Å². The van der Waals surface area contributed by atoms with Crippen LogP contribution in [0.25, 0.3) is 0 Å². The zero-order chi connectivity index (χ0) is 14.3. The minimum Gasteiger partial charge on any atom is -0.507 e. The van der Waals surface area contributed by atoms with Gasteiger partial charge in [-0.25, -0.2) is 0 Å². The van der Waals surface area contributed by atoms with Crippen LogP contribution in [-0.2, 0) is 0 Å². The van der Waals surface area contributed by atoms with Crippen LogP contribution in [0.4, 0.5) is 0 Å². The predicted octanol–water partition coefficient (Wildman–Crippen LogP) is 1.35. The first-order valence-corrected chi connectivity index (χ1v) is 6.09. The van der Waals surface area contributed by atoms with Gasteiger partial charge in [-0.2, -0.15) is 0 Å². The van der Waals surface area contributed by atoms with Crippen molar-refractivity contribution >= 4 is 11.7 Å². The predicted molar refractivity (Wildman–Crippen MR) is 72.4 cm³/mol. The van der Waals surface area contributed by atoms with Gasteiger partial charge in [0.15, 0.2) is 0 Å². The van der Waals surface area contributed by atoms with Crippen LogP contribution in [-0.4, -0.2) is 28.6 Å². The summed E-state index contributed by atoms with van der Waals surface area (Å²) in [5.41, 5.74) is 6.51. The Morgan fingerprint density at radius 2 is 2.16 bits per heavy atom. The number of hydrogen-bond donors (Lipinski definition) is 4. The lowest BCUT2D eigenvalue weighted by Gasteiger charge is -2.07. The van der Waals surface area contributed by atoms with Gasteiger partial charge in [-0.05, 0) is 31.9 Å². The van der Waals surface area contributed by atoms with E-state index < -0.39 is 0 Å². The number of phenols is 1. The largest absolute Gasteiger partial charge is 0.507 e. The normalized spacial score (nSPS) is 11.3. The smallest absolute Gasteiger partial charge is 0.255 e. The molecule has 19 heavy (non-hydrogen) atoms. The Labute approximate surface area is 111 Å². The van der Waals surface area contributed by atoms with Gasteiger partial charge in [0, 0.05) is 13.0 Å². The van der Waals surface area contributed by atoms with E-state index in [1.165, 1.54) is 6.07 Å². The molecule has 0 bridgehead atoms. The topological polar surface area (TPSA) is 108 Å². The molecule has 1 amide bonds. The molecule has 6 nitrogen and oxygen atoms in total. The fraction of sp³-hybridized carbons (Fsp3) is 0.385. The van der Waals surface area contributed by atoms with Crippen LogP contribution in [0.3, 0.4) is 0 Å². The second-order valence-electron chi connectivity index (χ2n) is 4.32. The van der Waals surface area contributed by atoms with E-state index in [-0.39, 0.29) is 23.1 Å². The number of aryl methyl sites for hydroxylation is 1. The molecule has 0 spiro atoms. The Morgan fingerprint density at radius 3 is 2.84 bits per heavy atom. The van der Waals surface area contributed by atoms with Crippen molar-refractivity contribution in [2.24, 2.45) is 10.9 Å². The fourth-order valence-corrected chi connectivity index (χ4v) is 1.61. The van der Waals surface area contributed by atoms with Gasteiger partial charge in [-0.3, -0.25) is 4.79 Å². The summed E-state index contributed by atoms with van der Waals surface area (Å²) in [6.07, 6.45) is 1.92. The Balaban J connectivity index is 2.37. The third-order valence-corrected chi connectivity index (χ3v) is 2.67. The first-order valence-electron chi connectivity index (χ1n) is 6.09. The van der Waals surface area contributed by atoms with Crippen LogP contribution in [0.5, 0.6) is 5.75 Å². The summed E-state index contributed by atoms with van der Waals surface area (Å²) in [6.45, 7) is 2.33. The molecule has 1 aromatic carbocycles. The lowest BCUT2D eigenvalue weighted by molar-refractivity contribution is 0.0950. The highest BCUT2D eigenvalue weighted by Gasteiger charge is 2.10. The van der Waals surface area contributed by atoms with Crippen molar-refractivity contribution in [3.8, 4) is 5.75 Å². The third-order valence-electron chi connectivity index (χ3n) is 2.67. The summed E-state index contributed by atoms with van der Waals surface area (Å²) in [7, 11) is 0. The summed E-state index contributed by atoms with van der Waals surface area (Å²) >= 11 is 0. The molecular formula is C13H19N3O3. The lowest BCUT2D eigenvalue weighted by Crippen LogP contribution is -2.25. The van der Waals surface area contributed by atoms with Crippen molar-refractivity contribution < 1.29 is 15.1 Å². The summed E-state index contributed by atoms with van der Waals surface area (Å²) in [5.74, 6) is -0.146. The summed E-state index contributed by atoms with van der Waals surface area (Å²) in [5, 5.41) is 23.5. The van der Waals surface area contributed by atoms with Gasteiger partial charge in [0.05, 0.1) is 5.56 Å². The minimum absolute atomic E-state index is 0.0280. The van der Waals surface area contributed by atoms with Crippen LogP contribution in [0.2, 0.25) is 0 Å². The minimum atomic E-state index is -0.301. The average molecular weight is 265 g/mol. The number of phenolic OH excluding ortho intramolecular Hbond substituents is 1. The van der Waals surface area contributed by atoms with E-state index in [0.717, 1.165) is 12.0 Å². The van der Waals surface area contributed by atoms with Crippen molar-refractivity contribution in [1.29, 1.82) is 0 Å². The molecule has 0 saturated carbocycles. The monoisotopic (exact) mass is 265 g/mol. The molecule has 6 heteroatoms. The van der Waals surface area contributed by atoms with Crippen LogP contribution in [0.1, 0.15) is 35.2 Å². The maximum Gasteiger partial charge on any atom is 0.255 e. The SMILES string of the molecule is Cc1ccc(O)c(C(=O)NCCCCC(N)=NO)c1. The van der Waals surface area contributed by atoms with Gasteiger partial charge in [0.1, 0.15) is 11.6 Å². The zero-order valence-electron chi connectivity index (χ0n) is 10.9. The number of carbonyl (C=O) groups excluding carboxylic acids is 1. The number of carbonyl (C=O) groups is 1. The van der Waals surface area contributed by atoms with Gasteiger partial charge in [0.25, 0.3) is 5.91 Å². The van der Waals surface area contributed by atoms with Crippen molar-refractivity contribution in [2.45, 2.75) is 26.2 Å². The molecule has 0 saturated heterocycles. The molecule has 0 aliphatic rings. The Hall–Kier alpha value is -2.24. The fourth-order valence-electron chi connectivity index (χ4n) is 1.61. The average Bonchev–Trinajstić information content (AvgIpc) is 2.40. The number of benzene rings is 1. The number of hydrogen-bond acceptors (Lipinski definition) is 4. The van der Waals surface area contributed by atoms with E-state index in [9.17, 15) is 9.90 Å². The zero-order valence-corrected chi connectivity index (χ0v) is 10.9. The number of rotatable bonds is 6. The number of aromatic hydroxyl groups is 1. The van der Waals surface area contributed by atoms with E-state index in [1.54, 1.807) is 12.1 Å². The van der Waals surface area contributed by atoms with Crippen molar-refractivity contribution in [1.82, 2.24) is 5.32 Å². The quantitative estimate of drug-likeness (QED) is 0.205. The second kappa shape index (κ2) is 7.25. The van der Waals surface area contributed by atoms with Gasteiger partial charge in [0.2, 0.25) is 0 Å². The van der Waals surface area contributed by atoms with E-state index in [0.29, 0.717) is 19.4 Å². The van der Waals surface area contributed by atoms with Crippen LogP contribution >= 0.6 is 0 Å². The van der Waals surface area contributed by atoms with E-state index in [1.807, 2.05) is 6.92 Å². The van der Waals surface area contributed by atoms with Gasteiger partial charge in [-0.15, -0.1) is 0 Å². The first kappa shape index (κ1) is 14.8. The molecule has 0 unspecified atom stereocenters. The van der Waals surface area contributed by atoms with E-state index in [2.05, 4.69) is 10.5 Å². The molecule has 1 rings (SSSR count). The van der Waals surface area contributed by atoms with Crippen molar-refractivity contribution in [3.63, 3.8) is 0 Å². The standard InChI is InChI=1S/C13H19N3O3/c1-9-5-6-11(17)10(8-9)13(18)15-7-3-2-4-12(14)16-19/h5-6,8,17,19H,2-4,7H2,1H3,(H2,14,16)(H,15,18). The summed E-state index contributed by atoms with van der Waals surface area (Å²) in [6, 6.07) is 4.88. The summed E-state index contributed by atoms with van der Waals surface area (Å²) < 4.78 is 0. The lowest BCUT2D eigenvalue weighted by atomic mass is 10.1. The third kappa shape index (κ3) is 4.87. The van der Waals surface area contributed by atoms with Crippen LogP contribution in [0.15, 0.2) is 23.4 Å². The molecule has 0 aromatic heterocycles. The molecule has 104 valence electrons. The number of amides is 1. The number of nitrogens with zero attached hydrogens (tertiary/aromatic N) is 1. The molecule has 0 fully saturated rings. The molecular weight excluding hydrogens is 246 g/mol. The highest BCUT2D eigenvalue weighted by molar-refractivity contribution is 5.96. The second-order valence-corrected chi connectivity index (χ2v) is 4.32. The molecule has 0 atom stereocenters. The molecule has 0 aliphatic carbocycles.